The van der Waals surface area contributed by atoms with Gasteiger partial charge in [0.15, 0.2) is 0 Å². The highest BCUT2D eigenvalue weighted by Gasteiger charge is 2.22. The lowest BCUT2D eigenvalue weighted by molar-refractivity contribution is 0.670. The Morgan fingerprint density at radius 1 is 0.382 bits per heavy atom. The minimum absolute atomic E-state index is 0.621. The molecule has 0 unspecified atom stereocenters. The fraction of sp³-hybridized carbons (Fsp3) is 0. The van der Waals surface area contributed by atoms with Gasteiger partial charge in [-0.3, -0.25) is 4.57 Å². The third-order valence-electron chi connectivity index (χ3n) is 11.0. The molecule has 256 valence electrons. The average molecular weight is 704 g/mol. The normalized spacial score (nSPS) is 12.0. The number of hydrogen-bond donors (Lipinski definition) is 0. The van der Waals surface area contributed by atoms with Crippen LogP contribution in [0.2, 0.25) is 0 Å². The van der Waals surface area contributed by atoms with Gasteiger partial charge in [0, 0.05) is 49.0 Å². The SMILES string of the molecule is c1ccc(-c2nc(-n3c4ccccc4c4c5oc6c(-c7cccc(-c8cccc9c8oc8ccccc89)c7)cccc6c5ccc43)nc3ccccc23)cc1. The molecule has 0 aliphatic rings. The molecule has 0 saturated heterocycles. The molecule has 12 aromatic rings. The zero-order valence-corrected chi connectivity index (χ0v) is 29.4. The third-order valence-corrected chi connectivity index (χ3v) is 11.0. The van der Waals surface area contributed by atoms with Crippen molar-refractivity contribution in [1.82, 2.24) is 14.5 Å². The Hall–Kier alpha value is -7.50. The average Bonchev–Trinajstić information content (AvgIpc) is 3.93. The van der Waals surface area contributed by atoms with E-state index >= 15 is 0 Å². The lowest BCUT2D eigenvalue weighted by Crippen LogP contribution is -2.03. The highest BCUT2D eigenvalue weighted by atomic mass is 16.3. The molecule has 0 saturated carbocycles. The molecule has 4 aromatic heterocycles. The molecule has 5 nitrogen and oxygen atoms in total. The molecule has 0 spiro atoms. The van der Waals surface area contributed by atoms with Gasteiger partial charge in [0.05, 0.1) is 27.6 Å². The van der Waals surface area contributed by atoms with E-state index in [9.17, 15) is 0 Å². The lowest BCUT2D eigenvalue weighted by atomic mass is 9.96. The first-order valence-electron chi connectivity index (χ1n) is 18.5. The second-order valence-corrected chi connectivity index (χ2v) is 14.1. The van der Waals surface area contributed by atoms with E-state index in [1.807, 2.05) is 30.3 Å². The maximum absolute atomic E-state index is 7.05. The fourth-order valence-corrected chi connectivity index (χ4v) is 8.56. The first-order valence-corrected chi connectivity index (χ1v) is 18.5. The van der Waals surface area contributed by atoms with Gasteiger partial charge in [-0.05, 0) is 47.5 Å². The van der Waals surface area contributed by atoms with Crippen LogP contribution in [0.3, 0.4) is 0 Å². The number of rotatable bonds is 4. The maximum atomic E-state index is 7.05. The van der Waals surface area contributed by atoms with Crippen LogP contribution in [0.1, 0.15) is 0 Å². The molecular formula is C50H29N3O2. The summed E-state index contributed by atoms with van der Waals surface area (Å²) in [5.41, 5.74) is 12.6. The highest BCUT2D eigenvalue weighted by molar-refractivity contribution is 6.24. The number of benzene rings is 8. The molecule has 8 aromatic carbocycles. The van der Waals surface area contributed by atoms with Crippen molar-refractivity contribution in [3.05, 3.63) is 176 Å². The van der Waals surface area contributed by atoms with Gasteiger partial charge in [-0.2, -0.15) is 0 Å². The molecular weight excluding hydrogens is 675 g/mol. The lowest BCUT2D eigenvalue weighted by Gasteiger charge is -2.11. The summed E-state index contributed by atoms with van der Waals surface area (Å²) >= 11 is 0. The molecule has 0 fully saturated rings. The smallest absolute Gasteiger partial charge is 0.235 e. The van der Waals surface area contributed by atoms with E-state index in [1.165, 1.54) is 0 Å². The van der Waals surface area contributed by atoms with Crippen LogP contribution in [0.25, 0.3) is 116 Å². The highest BCUT2D eigenvalue weighted by Crippen LogP contribution is 2.44. The first-order chi connectivity index (χ1) is 27.3. The van der Waals surface area contributed by atoms with E-state index in [2.05, 4.69) is 150 Å². The van der Waals surface area contributed by atoms with Crippen molar-refractivity contribution in [2.75, 3.05) is 0 Å². The molecule has 0 aliphatic heterocycles. The van der Waals surface area contributed by atoms with Gasteiger partial charge in [-0.1, -0.05) is 140 Å². The topological polar surface area (TPSA) is 57.0 Å². The summed E-state index contributed by atoms with van der Waals surface area (Å²) in [5, 5.41) is 7.53. The zero-order valence-electron chi connectivity index (χ0n) is 29.4. The van der Waals surface area contributed by atoms with E-state index in [0.29, 0.717) is 5.95 Å². The summed E-state index contributed by atoms with van der Waals surface area (Å²) in [6, 6.07) is 61.1. The molecule has 0 atom stereocenters. The van der Waals surface area contributed by atoms with Crippen LogP contribution in [-0.2, 0) is 0 Å². The van der Waals surface area contributed by atoms with E-state index < -0.39 is 0 Å². The minimum atomic E-state index is 0.621. The van der Waals surface area contributed by atoms with Gasteiger partial charge in [0.25, 0.3) is 0 Å². The summed E-state index contributed by atoms with van der Waals surface area (Å²) in [5.74, 6) is 0.621. The fourth-order valence-electron chi connectivity index (χ4n) is 8.56. The monoisotopic (exact) mass is 703 g/mol. The van der Waals surface area contributed by atoms with Crippen molar-refractivity contribution >= 4 is 76.6 Å². The number of fused-ring (bicyclic) bond motifs is 11. The van der Waals surface area contributed by atoms with Crippen LogP contribution in [0.15, 0.2) is 185 Å². The van der Waals surface area contributed by atoms with Crippen molar-refractivity contribution in [2.24, 2.45) is 0 Å². The zero-order chi connectivity index (χ0) is 36.0. The third kappa shape index (κ3) is 4.41. The Morgan fingerprint density at radius 2 is 0.982 bits per heavy atom. The largest absolute Gasteiger partial charge is 0.455 e. The predicted octanol–water partition coefficient (Wildman–Crippen LogP) is 13.5. The molecule has 4 heterocycles. The Morgan fingerprint density at radius 3 is 1.80 bits per heavy atom. The summed E-state index contributed by atoms with van der Waals surface area (Å²) in [6.07, 6.45) is 0. The summed E-state index contributed by atoms with van der Waals surface area (Å²) < 4.78 is 15.7. The van der Waals surface area contributed by atoms with Crippen molar-refractivity contribution in [3.63, 3.8) is 0 Å². The molecule has 12 rings (SSSR count). The van der Waals surface area contributed by atoms with Crippen LogP contribution < -0.4 is 0 Å². The Balaban J connectivity index is 1.07. The Bertz CT molecular complexity index is 3500. The van der Waals surface area contributed by atoms with Crippen LogP contribution in [-0.4, -0.2) is 14.5 Å². The van der Waals surface area contributed by atoms with Crippen molar-refractivity contribution in [1.29, 1.82) is 0 Å². The van der Waals surface area contributed by atoms with Crippen molar-refractivity contribution in [3.8, 4) is 39.5 Å². The molecule has 55 heavy (non-hydrogen) atoms. The Kier molecular flexibility index (Phi) is 6.27. The molecule has 0 bridgehead atoms. The van der Waals surface area contributed by atoms with E-state index in [4.69, 9.17) is 18.8 Å². The van der Waals surface area contributed by atoms with Crippen LogP contribution in [0, 0.1) is 0 Å². The van der Waals surface area contributed by atoms with Gasteiger partial charge in [-0.15, -0.1) is 0 Å². The van der Waals surface area contributed by atoms with Crippen LogP contribution in [0.4, 0.5) is 0 Å². The number of furan rings is 2. The predicted molar refractivity (Wildman–Crippen MR) is 225 cm³/mol. The van der Waals surface area contributed by atoms with Gasteiger partial charge in [0.1, 0.15) is 22.3 Å². The second kappa shape index (κ2) is 11.5. The van der Waals surface area contributed by atoms with Gasteiger partial charge >= 0.3 is 0 Å². The summed E-state index contributed by atoms with van der Waals surface area (Å²) in [7, 11) is 0. The second-order valence-electron chi connectivity index (χ2n) is 14.1. The van der Waals surface area contributed by atoms with Crippen molar-refractivity contribution < 1.29 is 8.83 Å². The molecule has 5 heteroatoms. The summed E-state index contributed by atoms with van der Waals surface area (Å²) in [4.78, 5) is 10.4. The number of para-hydroxylation sites is 5. The van der Waals surface area contributed by atoms with Crippen molar-refractivity contribution in [2.45, 2.75) is 0 Å². The van der Waals surface area contributed by atoms with Crippen LogP contribution in [0.5, 0.6) is 0 Å². The molecule has 0 aliphatic carbocycles. The van der Waals surface area contributed by atoms with Gasteiger partial charge in [0.2, 0.25) is 5.95 Å². The number of nitrogens with zero attached hydrogens (tertiary/aromatic N) is 3. The number of hydrogen-bond acceptors (Lipinski definition) is 4. The first kappa shape index (κ1) is 30.0. The summed E-state index contributed by atoms with van der Waals surface area (Å²) in [6.45, 7) is 0. The van der Waals surface area contributed by atoms with Gasteiger partial charge < -0.3 is 8.83 Å². The Labute approximate surface area is 314 Å². The number of aromatic nitrogens is 3. The van der Waals surface area contributed by atoms with E-state index in [1.54, 1.807) is 0 Å². The quantitative estimate of drug-likeness (QED) is 0.183. The minimum Gasteiger partial charge on any atom is -0.455 e. The maximum Gasteiger partial charge on any atom is 0.235 e. The van der Waals surface area contributed by atoms with E-state index in [0.717, 1.165) is 110 Å². The van der Waals surface area contributed by atoms with Gasteiger partial charge in [-0.25, -0.2) is 9.97 Å². The van der Waals surface area contributed by atoms with Crippen LogP contribution >= 0.6 is 0 Å². The molecule has 0 radical (unpaired) electrons. The van der Waals surface area contributed by atoms with E-state index in [-0.39, 0.29) is 0 Å². The molecule has 0 amide bonds. The standard InChI is InChI=1S/C50H29N3O2/c1-2-13-30(14-3-1)46-39-18-4-7-24-41(39)51-50(52-46)53-42-25-8-5-19-40(42)45-43(53)28-27-38-37-23-12-21-34(48(37)55-49(38)45)32-16-10-15-31(29-32)33-20-11-22-36-35-17-6-9-26-44(35)54-47(33)36/h1-29H. The molecule has 0 N–H and O–H groups in total.